The Morgan fingerprint density at radius 1 is 1.50 bits per heavy atom. The summed E-state index contributed by atoms with van der Waals surface area (Å²) in [5, 5.41) is 0.0468. The third-order valence-corrected chi connectivity index (χ3v) is 4.38. The molecule has 16 heavy (non-hydrogen) atoms. The molecule has 0 N–H and O–H groups in total. The lowest BCUT2D eigenvalue weighted by Gasteiger charge is -2.29. The summed E-state index contributed by atoms with van der Waals surface area (Å²) in [4.78, 5) is 13.9. The molecule has 1 aliphatic rings. The summed E-state index contributed by atoms with van der Waals surface area (Å²) in [5.41, 5.74) is 0.488. The second-order valence-electron chi connectivity index (χ2n) is 3.73. The first kappa shape index (κ1) is 12.5. The van der Waals surface area contributed by atoms with E-state index in [1.807, 2.05) is 0 Å². The first-order valence-electron chi connectivity index (χ1n) is 4.96. The first-order valence-corrected chi connectivity index (χ1v) is 6.97. The Balaban J connectivity index is 2.15. The molecule has 2 nitrogen and oxygen atoms in total. The number of nitrogens with zero attached hydrogens (tertiary/aromatic N) is 1. The van der Waals surface area contributed by atoms with E-state index in [-0.39, 0.29) is 11.3 Å². The molecule has 0 spiro atoms. The Bertz CT molecular complexity index is 407. The van der Waals surface area contributed by atoms with Gasteiger partial charge in [0.05, 0.1) is 15.3 Å². The van der Waals surface area contributed by atoms with E-state index < -0.39 is 0 Å². The summed E-state index contributed by atoms with van der Waals surface area (Å²) in [5.74, 6) is -0.0708. The molecule has 0 radical (unpaired) electrons. The molecule has 1 aliphatic heterocycles. The van der Waals surface area contributed by atoms with E-state index in [0.29, 0.717) is 20.8 Å². The van der Waals surface area contributed by atoms with Crippen LogP contribution in [-0.4, -0.2) is 29.3 Å². The predicted octanol–water partition coefficient (Wildman–Crippen LogP) is 3.90. The molecular formula is C10H10Cl3NOS. The van der Waals surface area contributed by atoms with E-state index >= 15 is 0 Å². The van der Waals surface area contributed by atoms with Crippen LogP contribution in [0.2, 0.25) is 8.67 Å². The molecular weight excluding hydrogens is 289 g/mol. The van der Waals surface area contributed by atoms with Gasteiger partial charge in [0.1, 0.15) is 4.34 Å². The number of hydrogen-bond donors (Lipinski definition) is 0. The summed E-state index contributed by atoms with van der Waals surface area (Å²) in [6, 6.07) is 1.62. The van der Waals surface area contributed by atoms with Crippen molar-refractivity contribution in [2.24, 2.45) is 0 Å². The Kier molecular flexibility index (Phi) is 4.01. The zero-order chi connectivity index (χ0) is 11.7. The van der Waals surface area contributed by atoms with Crippen molar-refractivity contribution in [3.05, 3.63) is 20.3 Å². The number of likely N-dealkylation sites (tertiary alicyclic amines) is 1. The van der Waals surface area contributed by atoms with Crippen LogP contribution in [0.4, 0.5) is 0 Å². The molecule has 0 saturated carbocycles. The lowest BCUT2D eigenvalue weighted by atomic mass is 10.1. The van der Waals surface area contributed by atoms with Crippen LogP contribution in [0.15, 0.2) is 6.07 Å². The normalized spacial score (nSPS) is 21.2. The van der Waals surface area contributed by atoms with Crippen LogP contribution < -0.4 is 0 Å². The molecule has 0 aromatic carbocycles. The predicted molar refractivity (Wildman–Crippen MR) is 69.1 cm³/mol. The number of rotatable bonds is 1. The monoisotopic (exact) mass is 297 g/mol. The third kappa shape index (κ3) is 2.65. The highest BCUT2D eigenvalue weighted by molar-refractivity contribution is 7.20. The molecule has 1 atom stereocenters. The van der Waals surface area contributed by atoms with Crippen LogP contribution in [0.3, 0.4) is 0 Å². The molecule has 1 saturated heterocycles. The van der Waals surface area contributed by atoms with Crippen molar-refractivity contribution in [3.8, 4) is 0 Å². The number of alkyl halides is 1. The molecule has 1 aromatic rings. The highest BCUT2D eigenvalue weighted by Crippen LogP contribution is 2.32. The maximum Gasteiger partial charge on any atom is 0.256 e. The number of hydrogen-bond acceptors (Lipinski definition) is 2. The van der Waals surface area contributed by atoms with Crippen molar-refractivity contribution in [2.75, 3.05) is 13.1 Å². The third-order valence-electron chi connectivity index (χ3n) is 2.54. The largest absolute Gasteiger partial charge is 0.337 e. The smallest absolute Gasteiger partial charge is 0.256 e. The van der Waals surface area contributed by atoms with E-state index in [2.05, 4.69) is 0 Å². The second kappa shape index (κ2) is 5.13. The van der Waals surface area contributed by atoms with Gasteiger partial charge in [-0.15, -0.1) is 22.9 Å². The summed E-state index contributed by atoms with van der Waals surface area (Å²) < 4.78 is 0.986. The minimum Gasteiger partial charge on any atom is -0.337 e. The first-order chi connectivity index (χ1) is 7.58. The fourth-order valence-corrected chi connectivity index (χ4v) is 3.54. The Morgan fingerprint density at radius 3 is 2.81 bits per heavy atom. The molecule has 1 aromatic heterocycles. The second-order valence-corrected chi connectivity index (χ2v) is 6.63. The van der Waals surface area contributed by atoms with Crippen molar-refractivity contribution in [1.82, 2.24) is 4.90 Å². The number of piperidine rings is 1. The highest BCUT2D eigenvalue weighted by Gasteiger charge is 2.25. The Morgan fingerprint density at radius 2 is 2.25 bits per heavy atom. The zero-order valence-corrected chi connectivity index (χ0v) is 11.5. The van der Waals surface area contributed by atoms with Crippen LogP contribution in [0, 0.1) is 0 Å². The molecule has 2 heterocycles. The zero-order valence-electron chi connectivity index (χ0n) is 8.38. The van der Waals surface area contributed by atoms with E-state index in [1.54, 1.807) is 11.0 Å². The summed E-state index contributed by atoms with van der Waals surface area (Å²) in [6.07, 6.45) is 1.90. The molecule has 2 rings (SSSR count). The van der Waals surface area contributed by atoms with Gasteiger partial charge in [-0.3, -0.25) is 4.79 Å². The van der Waals surface area contributed by atoms with Crippen molar-refractivity contribution in [3.63, 3.8) is 0 Å². The van der Waals surface area contributed by atoms with Crippen molar-refractivity contribution in [1.29, 1.82) is 0 Å². The quantitative estimate of drug-likeness (QED) is 0.720. The van der Waals surface area contributed by atoms with E-state index in [9.17, 15) is 4.79 Å². The Hall–Kier alpha value is 0.0400. The Labute approximate surface area is 113 Å². The van der Waals surface area contributed by atoms with Gasteiger partial charge in [-0.25, -0.2) is 0 Å². The van der Waals surface area contributed by atoms with E-state index in [0.717, 1.165) is 19.4 Å². The van der Waals surface area contributed by atoms with Gasteiger partial charge >= 0.3 is 0 Å². The molecule has 0 bridgehead atoms. The van der Waals surface area contributed by atoms with Crippen LogP contribution in [0.5, 0.6) is 0 Å². The number of amides is 1. The summed E-state index contributed by atoms with van der Waals surface area (Å²) in [6.45, 7) is 1.33. The van der Waals surface area contributed by atoms with Crippen molar-refractivity contribution >= 4 is 52.0 Å². The average Bonchev–Trinajstić information content (AvgIpc) is 2.57. The fourth-order valence-electron chi connectivity index (χ4n) is 1.77. The minimum atomic E-state index is -0.0708. The maximum atomic E-state index is 12.1. The SMILES string of the molecule is O=C(c1cc(Cl)sc1Cl)N1CCCC(Cl)C1. The van der Waals surface area contributed by atoms with Gasteiger partial charge in [0.15, 0.2) is 0 Å². The van der Waals surface area contributed by atoms with E-state index in [1.165, 1.54) is 11.3 Å². The van der Waals surface area contributed by atoms with Gasteiger partial charge in [0.2, 0.25) is 0 Å². The standard InChI is InChI=1S/C10H10Cl3NOS/c11-6-2-1-3-14(5-6)10(15)7-4-8(12)16-9(7)13/h4,6H,1-3,5H2. The lowest BCUT2D eigenvalue weighted by Crippen LogP contribution is -2.40. The molecule has 1 fully saturated rings. The van der Waals surface area contributed by atoms with Crippen LogP contribution in [0.1, 0.15) is 23.2 Å². The van der Waals surface area contributed by atoms with Crippen LogP contribution >= 0.6 is 46.1 Å². The van der Waals surface area contributed by atoms with Crippen molar-refractivity contribution < 1.29 is 4.79 Å². The summed E-state index contributed by atoms with van der Waals surface area (Å²) >= 11 is 19.0. The van der Waals surface area contributed by atoms with Gasteiger partial charge < -0.3 is 4.90 Å². The fraction of sp³-hybridized carbons (Fsp3) is 0.500. The van der Waals surface area contributed by atoms with Gasteiger partial charge in [0.25, 0.3) is 5.91 Å². The summed E-state index contributed by atoms with van der Waals surface area (Å²) in [7, 11) is 0. The minimum absolute atomic E-state index is 0.0468. The average molecular weight is 299 g/mol. The molecule has 6 heteroatoms. The maximum absolute atomic E-state index is 12.1. The highest BCUT2D eigenvalue weighted by atomic mass is 35.5. The van der Waals surface area contributed by atoms with Gasteiger partial charge in [-0.1, -0.05) is 23.2 Å². The van der Waals surface area contributed by atoms with Crippen molar-refractivity contribution in [2.45, 2.75) is 18.2 Å². The molecule has 1 amide bonds. The number of carbonyl (C=O) groups is 1. The van der Waals surface area contributed by atoms with Gasteiger partial charge in [-0.05, 0) is 18.9 Å². The number of carbonyl (C=O) groups excluding carboxylic acids is 1. The van der Waals surface area contributed by atoms with Gasteiger partial charge in [-0.2, -0.15) is 0 Å². The number of thiophene rings is 1. The lowest BCUT2D eigenvalue weighted by molar-refractivity contribution is 0.0728. The number of halogens is 3. The molecule has 88 valence electrons. The van der Waals surface area contributed by atoms with E-state index in [4.69, 9.17) is 34.8 Å². The molecule has 0 aliphatic carbocycles. The van der Waals surface area contributed by atoms with Crippen LogP contribution in [-0.2, 0) is 0 Å². The molecule has 1 unspecified atom stereocenters. The topological polar surface area (TPSA) is 20.3 Å². The van der Waals surface area contributed by atoms with Crippen LogP contribution in [0.25, 0.3) is 0 Å². The van der Waals surface area contributed by atoms with Gasteiger partial charge in [0, 0.05) is 13.1 Å².